The Labute approximate surface area is 160 Å². The molecule has 0 aliphatic rings. The van der Waals surface area contributed by atoms with Crippen LogP contribution in [0.4, 0.5) is 0 Å². The van der Waals surface area contributed by atoms with E-state index in [-0.39, 0.29) is 13.2 Å². The molecule has 1 atom stereocenters. The second-order valence-corrected chi connectivity index (χ2v) is 6.24. The highest BCUT2D eigenvalue weighted by atomic mass is 16.6. The summed E-state index contributed by atoms with van der Waals surface area (Å²) in [6, 6.07) is 18.9. The molecule has 0 aliphatic heterocycles. The zero-order chi connectivity index (χ0) is 19.6. The van der Waals surface area contributed by atoms with Crippen LogP contribution in [0.2, 0.25) is 0 Å². The molecule has 0 saturated heterocycles. The van der Waals surface area contributed by atoms with Gasteiger partial charge >= 0.3 is 11.9 Å². The third-order valence-corrected chi connectivity index (χ3v) is 4.29. The molecule has 0 bridgehead atoms. The van der Waals surface area contributed by atoms with Gasteiger partial charge in [-0.1, -0.05) is 60.7 Å². The summed E-state index contributed by atoms with van der Waals surface area (Å²) < 4.78 is 10.4. The van der Waals surface area contributed by atoms with Crippen LogP contribution in [0.3, 0.4) is 0 Å². The van der Waals surface area contributed by atoms with Crippen LogP contribution in [0.15, 0.2) is 60.7 Å². The highest BCUT2D eigenvalue weighted by molar-refractivity contribution is 5.96. The lowest BCUT2D eigenvalue weighted by atomic mass is 9.91. The molecule has 144 valence electrons. The number of ether oxygens (including phenoxy) is 2. The number of carbonyl (C=O) groups excluding carboxylic acids is 2. The lowest BCUT2D eigenvalue weighted by molar-refractivity contribution is -0.165. The number of carbonyl (C=O) groups is 2. The third kappa shape index (κ3) is 5.66. The van der Waals surface area contributed by atoms with Crippen molar-refractivity contribution in [1.82, 2.24) is 4.90 Å². The van der Waals surface area contributed by atoms with Crippen LogP contribution in [0.25, 0.3) is 0 Å². The Hall–Kier alpha value is -2.66. The molecule has 5 heteroatoms. The smallest absolute Gasteiger partial charge is 0.322 e. The van der Waals surface area contributed by atoms with Gasteiger partial charge in [0.05, 0.1) is 19.3 Å². The first kappa shape index (κ1) is 20.6. The van der Waals surface area contributed by atoms with E-state index in [9.17, 15) is 9.59 Å². The van der Waals surface area contributed by atoms with E-state index in [1.54, 1.807) is 13.8 Å². The monoisotopic (exact) mass is 369 g/mol. The molecule has 2 aromatic carbocycles. The average Bonchev–Trinajstić information content (AvgIpc) is 2.67. The predicted octanol–water partition coefficient (Wildman–Crippen LogP) is 3.60. The first-order valence-corrected chi connectivity index (χ1v) is 9.20. The molecule has 0 spiro atoms. The zero-order valence-corrected chi connectivity index (χ0v) is 16.1. The van der Waals surface area contributed by atoms with Gasteiger partial charge in [-0.2, -0.15) is 0 Å². The average molecular weight is 369 g/mol. The number of benzene rings is 2. The van der Waals surface area contributed by atoms with E-state index in [2.05, 4.69) is 0 Å². The molecular formula is C22H27NO4. The van der Waals surface area contributed by atoms with E-state index in [1.807, 2.05) is 72.6 Å². The molecule has 0 saturated carbocycles. The number of nitrogens with zero attached hydrogens (tertiary/aromatic N) is 1. The molecule has 2 rings (SSSR count). The van der Waals surface area contributed by atoms with Gasteiger partial charge in [0.15, 0.2) is 5.92 Å². The van der Waals surface area contributed by atoms with Crippen molar-refractivity contribution in [3.63, 3.8) is 0 Å². The fourth-order valence-electron chi connectivity index (χ4n) is 3.14. The molecule has 0 unspecified atom stereocenters. The fourth-order valence-corrected chi connectivity index (χ4v) is 3.14. The van der Waals surface area contributed by atoms with E-state index in [4.69, 9.17) is 9.47 Å². The van der Waals surface area contributed by atoms with Crippen LogP contribution in [-0.4, -0.2) is 37.1 Å². The quantitative estimate of drug-likeness (QED) is 0.499. The molecule has 0 fully saturated rings. The van der Waals surface area contributed by atoms with Gasteiger partial charge in [0.2, 0.25) is 0 Å². The van der Waals surface area contributed by atoms with Crippen molar-refractivity contribution in [1.29, 1.82) is 0 Å². The Morgan fingerprint density at radius 1 is 0.852 bits per heavy atom. The second-order valence-electron chi connectivity index (χ2n) is 6.24. The molecular weight excluding hydrogens is 342 g/mol. The first-order valence-electron chi connectivity index (χ1n) is 9.20. The summed E-state index contributed by atoms with van der Waals surface area (Å²) in [4.78, 5) is 27.4. The summed E-state index contributed by atoms with van der Waals surface area (Å²) in [5, 5.41) is 0. The number of rotatable bonds is 9. The normalized spacial score (nSPS) is 12.0. The Morgan fingerprint density at radius 2 is 1.33 bits per heavy atom. The van der Waals surface area contributed by atoms with Crippen LogP contribution < -0.4 is 0 Å². The SMILES string of the molecule is CCOC(=O)C(C(=O)OCC)[C@H](c1ccccc1)N(C)Cc1ccccc1. The van der Waals surface area contributed by atoms with Crippen LogP contribution in [-0.2, 0) is 25.6 Å². The Balaban J connectivity index is 2.41. The van der Waals surface area contributed by atoms with Gasteiger partial charge in [0.25, 0.3) is 0 Å². The van der Waals surface area contributed by atoms with E-state index in [0.29, 0.717) is 6.54 Å². The van der Waals surface area contributed by atoms with Crippen LogP contribution in [0.1, 0.15) is 31.0 Å². The third-order valence-electron chi connectivity index (χ3n) is 4.29. The minimum atomic E-state index is -1.05. The maximum Gasteiger partial charge on any atom is 0.322 e. The van der Waals surface area contributed by atoms with E-state index >= 15 is 0 Å². The van der Waals surface area contributed by atoms with Gasteiger partial charge in [-0.3, -0.25) is 14.5 Å². The van der Waals surface area contributed by atoms with E-state index in [0.717, 1.165) is 11.1 Å². The van der Waals surface area contributed by atoms with Crippen molar-refractivity contribution in [3.05, 3.63) is 71.8 Å². The van der Waals surface area contributed by atoms with Crippen molar-refractivity contribution in [2.75, 3.05) is 20.3 Å². The van der Waals surface area contributed by atoms with Crippen LogP contribution in [0.5, 0.6) is 0 Å². The molecule has 27 heavy (non-hydrogen) atoms. The first-order chi connectivity index (χ1) is 13.1. The van der Waals surface area contributed by atoms with Crippen molar-refractivity contribution < 1.29 is 19.1 Å². The van der Waals surface area contributed by atoms with Gasteiger partial charge in [0.1, 0.15) is 0 Å². The largest absolute Gasteiger partial charge is 0.465 e. The molecule has 0 N–H and O–H groups in total. The van der Waals surface area contributed by atoms with Gasteiger partial charge in [-0.05, 0) is 32.0 Å². The summed E-state index contributed by atoms with van der Waals surface area (Å²) in [5.41, 5.74) is 1.95. The molecule has 5 nitrogen and oxygen atoms in total. The summed E-state index contributed by atoms with van der Waals surface area (Å²) in [6.45, 7) is 4.45. The van der Waals surface area contributed by atoms with Gasteiger partial charge in [-0.25, -0.2) is 0 Å². The number of hydrogen-bond acceptors (Lipinski definition) is 5. The van der Waals surface area contributed by atoms with Crippen molar-refractivity contribution >= 4 is 11.9 Å². The highest BCUT2D eigenvalue weighted by Crippen LogP contribution is 2.31. The predicted molar refractivity (Wildman–Crippen MR) is 104 cm³/mol. The van der Waals surface area contributed by atoms with Crippen LogP contribution >= 0.6 is 0 Å². The van der Waals surface area contributed by atoms with Crippen LogP contribution in [0, 0.1) is 5.92 Å². The van der Waals surface area contributed by atoms with Crippen molar-refractivity contribution in [2.45, 2.75) is 26.4 Å². The minimum Gasteiger partial charge on any atom is -0.465 e. The molecule has 2 aromatic rings. The lowest BCUT2D eigenvalue weighted by Gasteiger charge is -2.32. The van der Waals surface area contributed by atoms with E-state index in [1.165, 1.54) is 0 Å². The second kappa shape index (κ2) is 10.5. The van der Waals surface area contributed by atoms with Crippen molar-refractivity contribution in [3.8, 4) is 0 Å². The highest BCUT2D eigenvalue weighted by Gasteiger charge is 2.40. The fraction of sp³-hybridized carbons (Fsp3) is 0.364. The Morgan fingerprint density at radius 3 is 1.81 bits per heavy atom. The lowest BCUT2D eigenvalue weighted by Crippen LogP contribution is -2.40. The standard InChI is InChI=1S/C22H27NO4/c1-4-26-21(24)19(22(25)27-5-2)20(18-14-10-7-11-15-18)23(3)16-17-12-8-6-9-13-17/h6-15,19-20H,4-5,16H2,1-3H3/t20-/m0/s1. The molecule has 0 radical (unpaired) electrons. The topological polar surface area (TPSA) is 55.8 Å². The summed E-state index contributed by atoms with van der Waals surface area (Å²) >= 11 is 0. The maximum atomic E-state index is 12.7. The Kier molecular flexibility index (Phi) is 8.01. The summed E-state index contributed by atoms with van der Waals surface area (Å²) in [7, 11) is 1.90. The summed E-state index contributed by atoms with van der Waals surface area (Å²) in [6.07, 6.45) is 0. The summed E-state index contributed by atoms with van der Waals surface area (Å²) in [5.74, 6) is -2.18. The minimum absolute atomic E-state index is 0.207. The molecule has 0 amide bonds. The molecule has 0 heterocycles. The maximum absolute atomic E-state index is 12.7. The van der Waals surface area contributed by atoms with Crippen molar-refractivity contribution in [2.24, 2.45) is 5.92 Å². The number of hydrogen-bond donors (Lipinski definition) is 0. The van der Waals surface area contributed by atoms with Gasteiger partial charge < -0.3 is 9.47 Å². The van der Waals surface area contributed by atoms with E-state index < -0.39 is 23.9 Å². The van der Waals surface area contributed by atoms with Gasteiger partial charge in [-0.15, -0.1) is 0 Å². The number of esters is 2. The zero-order valence-electron chi connectivity index (χ0n) is 16.1. The molecule has 0 aromatic heterocycles. The molecule has 0 aliphatic carbocycles. The Bertz CT molecular complexity index is 700. The van der Waals surface area contributed by atoms with Gasteiger partial charge in [0, 0.05) is 6.54 Å².